The minimum Gasteiger partial charge on any atom is -0.493 e. The van der Waals surface area contributed by atoms with Crippen molar-refractivity contribution in [1.29, 1.82) is 0 Å². The summed E-state index contributed by atoms with van der Waals surface area (Å²) in [6.07, 6.45) is 7.03. The van der Waals surface area contributed by atoms with E-state index in [-0.39, 0.29) is 17.8 Å². The number of nitrogens with one attached hydrogen (secondary N) is 1. The zero-order valence-corrected chi connectivity index (χ0v) is 21.7. The van der Waals surface area contributed by atoms with E-state index in [1.165, 1.54) is 52.7 Å². The first-order chi connectivity index (χ1) is 16.7. The molecule has 2 aromatic rings. The van der Waals surface area contributed by atoms with Gasteiger partial charge in [-0.3, -0.25) is 4.72 Å². The molecular weight excluding hydrogens is 473 g/mol. The van der Waals surface area contributed by atoms with Crippen LogP contribution < -0.4 is 23.7 Å². The Morgan fingerprint density at radius 2 is 1.40 bits per heavy atom. The van der Waals surface area contributed by atoms with Crippen molar-refractivity contribution in [2.45, 2.75) is 13.8 Å². The first kappa shape index (κ1) is 29.3. The molecule has 0 aromatic heterocycles. The SMILES string of the molecule is C=C/C=C(\C=C)S(=O)(=O)Nc1cc(/C=C\c2cc(OC)c(OC)c(OC)c2)cc(F)c1OC.CC.[HH]. The third kappa shape index (κ3) is 7.38. The van der Waals surface area contributed by atoms with Gasteiger partial charge in [0.1, 0.15) is 0 Å². The quantitative estimate of drug-likeness (QED) is 0.284. The van der Waals surface area contributed by atoms with Gasteiger partial charge < -0.3 is 18.9 Å². The molecule has 0 fully saturated rings. The molecule has 1 N–H and O–H groups in total. The molecule has 2 aromatic carbocycles. The van der Waals surface area contributed by atoms with Crippen LogP contribution in [0.2, 0.25) is 0 Å². The zero-order chi connectivity index (χ0) is 26.6. The third-order valence-electron chi connectivity index (χ3n) is 4.46. The molecule has 0 radical (unpaired) electrons. The summed E-state index contributed by atoms with van der Waals surface area (Å²) < 4.78 is 63.4. The molecule has 0 heterocycles. The summed E-state index contributed by atoms with van der Waals surface area (Å²) in [5, 5.41) is 0. The molecule has 9 heteroatoms. The van der Waals surface area contributed by atoms with Crippen molar-refractivity contribution in [3.8, 4) is 23.0 Å². The van der Waals surface area contributed by atoms with Gasteiger partial charge >= 0.3 is 0 Å². The highest BCUT2D eigenvalue weighted by Gasteiger charge is 2.20. The smallest absolute Gasteiger partial charge is 0.261 e. The van der Waals surface area contributed by atoms with Crippen LogP contribution >= 0.6 is 0 Å². The number of allylic oxidation sites excluding steroid dienone is 3. The minimum atomic E-state index is -4.04. The van der Waals surface area contributed by atoms with Crippen LogP contribution in [0.3, 0.4) is 0 Å². The fraction of sp³-hybridized carbons (Fsp3) is 0.231. The van der Waals surface area contributed by atoms with Crippen molar-refractivity contribution >= 4 is 27.9 Å². The van der Waals surface area contributed by atoms with Gasteiger partial charge in [0.25, 0.3) is 10.0 Å². The lowest BCUT2D eigenvalue weighted by molar-refractivity contribution is 0.324. The van der Waals surface area contributed by atoms with E-state index >= 15 is 0 Å². The Hall–Kier alpha value is -3.72. The molecule has 0 aliphatic heterocycles. The fourth-order valence-corrected chi connectivity index (χ4v) is 4.02. The third-order valence-corrected chi connectivity index (χ3v) is 5.88. The average Bonchev–Trinajstić information content (AvgIpc) is 2.85. The molecule has 0 spiro atoms. The second-order valence-electron chi connectivity index (χ2n) is 6.49. The molecular formula is C26H34FNO6S. The lowest BCUT2D eigenvalue weighted by Gasteiger charge is -2.14. The van der Waals surface area contributed by atoms with Gasteiger partial charge in [0, 0.05) is 1.43 Å². The van der Waals surface area contributed by atoms with Crippen LogP contribution in [-0.4, -0.2) is 36.9 Å². The zero-order valence-electron chi connectivity index (χ0n) is 20.8. The molecule has 7 nitrogen and oxygen atoms in total. The van der Waals surface area contributed by atoms with E-state index in [1.54, 1.807) is 24.3 Å². The topological polar surface area (TPSA) is 83.1 Å². The van der Waals surface area contributed by atoms with Crippen LogP contribution in [0, 0.1) is 5.82 Å². The van der Waals surface area contributed by atoms with E-state index in [2.05, 4.69) is 17.9 Å². The number of halogens is 1. The fourth-order valence-electron chi connectivity index (χ4n) is 2.97. The summed E-state index contributed by atoms with van der Waals surface area (Å²) in [6, 6.07) is 6.11. The van der Waals surface area contributed by atoms with Crippen LogP contribution in [0.15, 0.2) is 60.6 Å². The molecule has 35 heavy (non-hydrogen) atoms. The maximum atomic E-state index is 14.7. The lowest BCUT2D eigenvalue weighted by atomic mass is 10.1. The number of benzene rings is 2. The highest BCUT2D eigenvalue weighted by molar-refractivity contribution is 7.96. The molecule has 0 unspecified atom stereocenters. The van der Waals surface area contributed by atoms with Crippen molar-refractivity contribution in [3.63, 3.8) is 0 Å². The van der Waals surface area contributed by atoms with Gasteiger partial charge in [-0.15, -0.1) is 0 Å². The first-order valence-electron chi connectivity index (χ1n) is 10.6. The number of anilines is 1. The molecule has 2 rings (SSSR count). The molecule has 192 valence electrons. The Balaban J connectivity index is 0.00000398. The number of sulfonamides is 1. The number of methoxy groups -OCH3 is 4. The number of hydrogen-bond acceptors (Lipinski definition) is 6. The highest BCUT2D eigenvalue weighted by atomic mass is 32.2. The van der Waals surface area contributed by atoms with E-state index in [1.807, 2.05) is 13.8 Å². The molecule has 0 atom stereocenters. The molecule has 0 saturated carbocycles. The predicted octanol–water partition coefficient (Wildman–Crippen LogP) is 6.30. The summed E-state index contributed by atoms with van der Waals surface area (Å²) in [6.45, 7) is 11.0. The summed E-state index contributed by atoms with van der Waals surface area (Å²) in [5.41, 5.74) is 0.997. The van der Waals surface area contributed by atoms with Crippen LogP contribution in [0.5, 0.6) is 23.0 Å². The van der Waals surface area contributed by atoms with Crippen molar-refractivity contribution in [1.82, 2.24) is 0 Å². The van der Waals surface area contributed by atoms with Gasteiger partial charge in [0.2, 0.25) is 5.75 Å². The molecule has 0 amide bonds. The number of rotatable bonds is 11. The van der Waals surface area contributed by atoms with Crippen LogP contribution in [0.25, 0.3) is 12.2 Å². The van der Waals surface area contributed by atoms with Crippen molar-refractivity contribution < 1.29 is 33.2 Å². The highest BCUT2D eigenvalue weighted by Crippen LogP contribution is 2.39. The van der Waals surface area contributed by atoms with Crippen molar-refractivity contribution in [2.24, 2.45) is 0 Å². The molecule has 0 bridgehead atoms. The second-order valence-corrected chi connectivity index (χ2v) is 8.17. The summed E-state index contributed by atoms with van der Waals surface area (Å²) in [7, 11) is 1.70. The largest absolute Gasteiger partial charge is 0.493 e. The lowest BCUT2D eigenvalue weighted by Crippen LogP contribution is -2.15. The Kier molecular flexibility index (Phi) is 11.6. The standard InChI is InChI=1S/C24H26FNO6S.C2H6.H2/c1-7-9-18(8-2)33(27,28)26-20-13-16(12-19(25)23(20)31-5)10-11-17-14-21(29-3)24(32-6)22(15-17)30-4;1-2;/h7-15,26H,1-2H2,3-6H3;1-2H3;1H/b11-10-,18-9+;;. The van der Waals surface area contributed by atoms with Gasteiger partial charge in [0.15, 0.2) is 23.1 Å². The van der Waals surface area contributed by atoms with Gasteiger partial charge in [-0.2, -0.15) is 0 Å². The predicted molar refractivity (Wildman–Crippen MR) is 142 cm³/mol. The summed E-state index contributed by atoms with van der Waals surface area (Å²) in [4.78, 5) is -0.127. The molecule has 0 aliphatic rings. The normalized spacial score (nSPS) is 11.2. The van der Waals surface area contributed by atoms with E-state index in [9.17, 15) is 12.8 Å². The van der Waals surface area contributed by atoms with Crippen LogP contribution in [0.1, 0.15) is 26.4 Å². The van der Waals surface area contributed by atoms with E-state index in [0.717, 1.165) is 6.08 Å². The van der Waals surface area contributed by atoms with E-state index in [0.29, 0.717) is 28.4 Å². The first-order valence-corrected chi connectivity index (χ1v) is 12.1. The van der Waals surface area contributed by atoms with Gasteiger partial charge in [-0.05, 0) is 47.5 Å². The second kappa shape index (κ2) is 13.9. The average molecular weight is 508 g/mol. The summed E-state index contributed by atoms with van der Waals surface area (Å²) in [5.74, 6) is 0.365. The van der Waals surface area contributed by atoms with Crippen molar-refractivity contribution in [2.75, 3.05) is 33.2 Å². The Morgan fingerprint density at radius 1 is 0.886 bits per heavy atom. The van der Waals surface area contributed by atoms with Gasteiger partial charge in [-0.1, -0.05) is 45.2 Å². The Morgan fingerprint density at radius 3 is 1.83 bits per heavy atom. The van der Waals surface area contributed by atoms with E-state index in [4.69, 9.17) is 18.9 Å². The number of hydrogen-bond donors (Lipinski definition) is 1. The van der Waals surface area contributed by atoms with Gasteiger partial charge in [0.05, 0.1) is 39.0 Å². The van der Waals surface area contributed by atoms with E-state index < -0.39 is 15.8 Å². The van der Waals surface area contributed by atoms with Crippen LogP contribution in [0.4, 0.5) is 10.1 Å². The molecule has 0 saturated heterocycles. The number of ether oxygens (including phenoxy) is 4. The molecule has 0 aliphatic carbocycles. The monoisotopic (exact) mass is 507 g/mol. The maximum Gasteiger partial charge on any atom is 0.261 e. The van der Waals surface area contributed by atoms with Crippen molar-refractivity contribution in [3.05, 3.63) is 77.5 Å². The van der Waals surface area contributed by atoms with Gasteiger partial charge in [-0.25, -0.2) is 12.8 Å². The Labute approximate surface area is 208 Å². The Bertz CT molecular complexity index is 1180. The maximum absolute atomic E-state index is 14.7. The summed E-state index contributed by atoms with van der Waals surface area (Å²) >= 11 is 0. The van der Waals surface area contributed by atoms with Crippen LogP contribution in [-0.2, 0) is 10.0 Å². The minimum absolute atomic E-state index is 0.